The molecule has 1 aliphatic heterocycles. The van der Waals surface area contributed by atoms with Crippen LogP contribution < -0.4 is 10.1 Å². The maximum atomic E-state index is 5.84. The summed E-state index contributed by atoms with van der Waals surface area (Å²) in [5.41, 5.74) is 10.2. The number of aromatic nitrogens is 1. The monoisotopic (exact) mass is 376 g/mol. The van der Waals surface area contributed by atoms with E-state index in [4.69, 9.17) is 9.72 Å². The number of pyridine rings is 1. The Labute approximate surface area is 169 Å². The van der Waals surface area contributed by atoms with E-state index in [-0.39, 0.29) is 0 Å². The second kappa shape index (κ2) is 9.20. The van der Waals surface area contributed by atoms with E-state index >= 15 is 0 Å². The molecule has 0 radical (unpaired) electrons. The number of fused-ring (bicyclic) bond motifs is 2. The van der Waals surface area contributed by atoms with Gasteiger partial charge in [-0.2, -0.15) is 0 Å². The van der Waals surface area contributed by atoms with Gasteiger partial charge in [0.2, 0.25) is 0 Å². The van der Waals surface area contributed by atoms with Crippen molar-refractivity contribution in [1.29, 1.82) is 0 Å². The van der Waals surface area contributed by atoms with Gasteiger partial charge in [0.15, 0.2) is 0 Å². The van der Waals surface area contributed by atoms with Crippen LogP contribution in [0.1, 0.15) is 60.2 Å². The molecule has 0 unspecified atom stereocenters. The van der Waals surface area contributed by atoms with Crippen LogP contribution in [0.15, 0.2) is 36.5 Å². The molecule has 148 valence electrons. The Morgan fingerprint density at radius 1 is 1.04 bits per heavy atom. The van der Waals surface area contributed by atoms with E-state index in [1.54, 1.807) is 7.11 Å². The fourth-order valence-electron chi connectivity index (χ4n) is 4.23. The Balaban J connectivity index is 0.00000109. The van der Waals surface area contributed by atoms with Crippen LogP contribution in [0.2, 0.25) is 0 Å². The summed E-state index contributed by atoms with van der Waals surface area (Å²) in [6.45, 7) is 12.1. The lowest BCUT2D eigenvalue weighted by Crippen LogP contribution is -2.24. The molecule has 1 N–H and O–H groups in total. The molecule has 3 heteroatoms. The van der Waals surface area contributed by atoms with Crippen LogP contribution in [-0.4, -0.2) is 25.2 Å². The molecule has 28 heavy (non-hydrogen) atoms. The topological polar surface area (TPSA) is 34.1 Å². The summed E-state index contributed by atoms with van der Waals surface area (Å²) in [6, 6.07) is 6.73. The van der Waals surface area contributed by atoms with Crippen LogP contribution in [0.4, 0.5) is 0 Å². The zero-order valence-corrected chi connectivity index (χ0v) is 17.7. The Kier molecular flexibility index (Phi) is 6.69. The number of nitrogens with one attached hydrogen (secondary N) is 1. The Hall–Kier alpha value is -2.39. The molecule has 0 amide bonds. The first-order valence-electron chi connectivity index (χ1n) is 10.4. The normalized spacial score (nSPS) is 15.6. The van der Waals surface area contributed by atoms with Gasteiger partial charge < -0.3 is 10.1 Å². The lowest BCUT2D eigenvalue weighted by atomic mass is 9.87. The number of hydrogen-bond acceptors (Lipinski definition) is 3. The smallest absolute Gasteiger partial charge is 0.127 e. The number of piperidine rings is 1. The highest BCUT2D eigenvalue weighted by atomic mass is 16.5. The molecule has 0 bridgehead atoms. The van der Waals surface area contributed by atoms with Crippen LogP contribution in [0, 0.1) is 6.92 Å². The summed E-state index contributed by atoms with van der Waals surface area (Å²) in [5, 5.41) is 3.47. The Morgan fingerprint density at radius 3 is 2.43 bits per heavy atom. The van der Waals surface area contributed by atoms with Gasteiger partial charge in [-0.15, -0.1) is 0 Å². The van der Waals surface area contributed by atoms with Crippen LogP contribution in [0.3, 0.4) is 0 Å². The predicted molar refractivity (Wildman–Crippen MR) is 119 cm³/mol. The van der Waals surface area contributed by atoms with Gasteiger partial charge in [0, 0.05) is 17.3 Å². The van der Waals surface area contributed by atoms with Crippen LogP contribution in [0.25, 0.3) is 11.6 Å². The van der Waals surface area contributed by atoms with Crippen molar-refractivity contribution in [3.8, 4) is 5.75 Å². The van der Waals surface area contributed by atoms with Gasteiger partial charge in [0.25, 0.3) is 0 Å². The maximum Gasteiger partial charge on any atom is 0.127 e. The molecular weight excluding hydrogens is 344 g/mol. The summed E-state index contributed by atoms with van der Waals surface area (Å²) >= 11 is 0. The summed E-state index contributed by atoms with van der Waals surface area (Å²) < 4.78 is 5.84. The van der Waals surface area contributed by atoms with Crippen molar-refractivity contribution in [3.05, 3.63) is 70.1 Å². The average Bonchev–Trinajstić information content (AvgIpc) is 2.91. The highest BCUT2D eigenvalue weighted by Crippen LogP contribution is 2.42. The molecular formula is C25H32N2O. The third kappa shape index (κ3) is 3.90. The molecule has 1 aromatic carbocycles. The van der Waals surface area contributed by atoms with Crippen LogP contribution in [-0.2, 0) is 12.8 Å². The number of rotatable bonds is 2. The third-order valence-electron chi connectivity index (χ3n) is 5.48. The largest absolute Gasteiger partial charge is 0.496 e. The molecule has 0 atom stereocenters. The first-order valence-corrected chi connectivity index (χ1v) is 10.4. The minimum atomic E-state index is 0.975. The number of benzene rings is 1. The van der Waals surface area contributed by atoms with Crippen molar-refractivity contribution in [2.75, 3.05) is 20.2 Å². The van der Waals surface area contributed by atoms with Crippen molar-refractivity contribution in [1.82, 2.24) is 10.3 Å². The lowest BCUT2D eigenvalue weighted by molar-refractivity contribution is 0.412. The molecule has 1 aromatic heterocycles. The van der Waals surface area contributed by atoms with Gasteiger partial charge in [0.1, 0.15) is 5.75 Å². The lowest BCUT2D eigenvalue weighted by Gasteiger charge is -2.23. The molecule has 4 rings (SSSR count). The number of hydrogen-bond donors (Lipinski definition) is 1. The maximum absolute atomic E-state index is 5.84. The molecule has 0 spiro atoms. The Bertz CT molecular complexity index is 888. The van der Waals surface area contributed by atoms with Crippen molar-refractivity contribution < 1.29 is 4.74 Å². The molecule has 1 aliphatic carbocycles. The number of ether oxygens (including phenoxy) is 1. The van der Waals surface area contributed by atoms with Crippen LogP contribution in [0.5, 0.6) is 5.75 Å². The molecule has 1 fully saturated rings. The standard InChI is InChI=1S/C23H26N2O.C2H6/c1-4-16-13-19-6-5-18-11-15(2)12-20(26-3)21(18)22(23(19)25-14-16)17-7-9-24-10-8-17;1-2/h4,11-14,24H,1,5-10H2,2-3H3;1-2H3. The van der Waals surface area contributed by atoms with Crippen molar-refractivity contribution in [2.45, 2.75) is 46.5 Å². The highest BCUT2D eigenvalue weighted by Gasteiger charge is 2.26. The van der Waals surface area contributed by atoms with Gasteiger partial charge in [-0.05, 0) is 80.1 Å². The van der Waals surface area contributed by atoms with Crippen molar-refractivity contribution >= 4 is 11.6 Å². The first kappa shape index (κ1) is 20.3. The van der Waals surface area contributed by atoms with Gasteiger partial charge in [-0.3, -0.25) is 4.98 Å². The number of aryl methyl sites for hydroxylation is 3. The van der Waals surface area contributed by atoms with Gasteiger partial charge in [-0.1, -0.05) is 38.1 Å². The van der Waals surface area contributed by atoms with Gasteiger partial charge >= 0.3 is 0 Å². The third-order valence-corrected chi connectivity index (χ3v) is 5.48. The second-order valence-corrected chi connectivity index (χ2v) is 7.21. The van der Waals surface area contributed by atoms with Crippen molar-refractivity contribution in [3.63, 3.8) is 0 Å². The van der Waals surface area contributed by atoms with E-state index in [0.29, 0.717) is 0 Å². The summed E-state index contributed by atoms with van der Waals surface area (Å²) in [4.78, 5) is 4.90. The van der Waals surface area contributed by atoms with Crippen molar-refractivity contribution in [2.24, 2.45) is 0 Å². The summed E-state index contributed by atoms with van der Waals surface area (Å²) in [7, 11) is 1.78. The van der Waals surface area contributed by atoms with E-state index in [0.717, 1.165) is 55.8 Å². The van der Waals surface area contributed by atoms with Gasteiger partial charge in [-0.25, -0.2) is 0 Å². The fraction of sp³-hybridized carbons (Fsp3) is 0.400. The summed E-state index contributed by atoms with van der Waals surface area (Å²) in [6.07, 6.45) is 7.97. The van der Waals surface area contributed by atoms with E-state index in [2.05, 4.69) is 37.0 Å². The molecule has 2 aromatic rings. The zero-order chi connectivity index (χ0) is 20.1. The SMILES string of the molecule is C=Cc1cnc2c(c1)CCc1cc(C)cc(OC)c1C2=C1CCNCC1.CC. The van der Waals surface area contributed by atoms with E-state index < -0.39 is 0 Å². The Morgan fingerprint density at radius 2 is 1.75 bits per heavy atom. The average molecular weight is 377 g/mol. The highest BCUT2D eigenvalue weighted by molar-refractivity contribution is 5.87. The molecule has 2 aliphatic rings. The number of methoxy groups -OCH3 is 1. The molecule has 0 saturated carbocycles. The molecule has 3 nitrogen and oxygen atoms in total. The van der Waals surface area contributed by atoms with E-state index in [9.17, 15) is 0 Å². The van der Waals surface area contributed by atoms with E-state index in [1.807, 2.05) is 26.1 Å². The second-order valence-electron chi connectivity index (χ2n) is 7.21. The predicted octanol–water partition coefficient (Wildman–Crippen LogP) is 5.35. The zero-order valence-electron chi connectivity index (χ0n) is 17.7. The van der Waals surface area contributed by atoms with E-state index in [1.165, 1.54) is 33.4 Å². The first-order chi connectivity index (χ1) is 13.7. The quantitative estimate of drug-likeness (QED) is 0.767. The minimum absolute atomic E-state index is 0.975. The molecule has 2 heterocycles. The minimum Gasteiger partial charge on any atom is -0.496 e. The fourth-order valence-corrected chi connectivity index (χ4v) is 4.23. The number of nitrogens with zero attached hydrogens (tertiary/aromatic N) is 1. The van der Waals surface area contributed by atoms with Crippen LogP contribution >= 0.6 is 0 Å². The van der Waals surface area contributed by atoms with Gasteiger partial charge in [0.05, 0.1) is 12.8 Å². The molecule has 1 saturated heterocycles. The summed E-state index contributed by atoms with van der Waals surface area (Å²) in [5.74, 6) is 0.975.